The molecule has 1 aliphatic carbocycles. The van der Waals surface area contributed by atoms with Gasteiger partial charge < -0.3 is 9.80 Å². The predicted molar refractivity (Wildman–Crippen MR) is 106 cm³/mol. The van der Waals surface area contributed by atoms with Gasteiger partial charge in [-0.2, -0.15) is 0 Å². The minimum absolute atomic E-state index is 0.0103. The van der Waals surface area contributed by atoms with Crippen molar-refractivity contribution in [1.82, 2.24) is 24.4 Å². The van der Waals surface area contributed by atoms with Crippen LogP contribution >= 0.6 is 0 Å². The molecule has 0 spiro atoms. The Bertz CT molecular complexity index is 1030. The Balaban J connectivity index is 1.47. The summed E-state index contributed by atoms with van der Waals surface area (Å²) in [5.41, 5.74) is 2.75. The largest absolute Gasteiger partial charge is 0.336 e. The summed E-state index contributed by atoms with van der Waals surface area (Å²) < 4.78 is 1.51. The number of hydrogen-bond acceptors (Lipinski definition) is 4. The van der Waals surface area contributed by atoms with Gasteiger partial charge in [-0.15, -0.1) is 0 Å². The van der Waals surface area contributed by atoms with E-state index in [9.17, 15) is 14.4 Å². The fraction of sp³-hybridized carbons (Fsp3) is 0.619. The zero-order valence-electron chi connectivity index (χ0n) is 16.8. The van der Waals surface area contributed by atoms with Gasteiger partial charge in [0.05, 0.1) is 24.0 Å². The van der Waals surface area contributed by atoms with E-state index in [1.807, 2.05) is 17.9 Å². The average Bonchev–Trinajstić information content (AvgIpc) is 3.29. The minimum Gasteiger partial charge on any atom is -0.336 e. The van der Waals surface area contributed by atoms with Crippen LogP contribution in [0.2, 0.25) is 0 Å². The van der Waals surface area contributed by atoms with Gasteiger partial charge >= 0.3 is 0 Å². The zero-order chi connectivity index (χ0) is 20.1. The first-order valence-electron chi connectivity index (χ1n) is 10.8. The van der Waals surface area contributed by atoms with Crippen molar-refractivity contribution in [2.75, 3.05) is 13.1 Å². The number of amides is 2. The lowest BCUT2D eigenvalue weighted by molar-refractivity contribution is -0.133. The molecule has 5 rings (SSSR count). The molecule has 0 bridgehead atoms. The molecule has 4 heterocycles. The van der Waals surface area contributed by atoms with Crippen molar-refractivity contribution in [3.8, 4) is 0 Å². The standard InChI is InChI=1S/C21H27N5O3/c1-2-4-19(27)24-10-8-14-16(12-24)22-18-11-15(23-26(18)21(14)29)17-5-3-9-25(17)20(28)13-6-7-13/h11,13,17,23H,2-10,12H2,1H3/t17-/m1/s1. The highest BCUT2D eigenvalue weighted by Gasteiger charge is 2.39. The van der Waals surface area contributed by atoms with Gasteiger partial charge in [-0.1, -0.05) is 6.92 Å². The van der Waals surface area contributed by atoms with E-state index in [0.717, 1.165) is 44.3 Å². The molecule has 154 valence electrons. The van der Waals surface area contributed by atoms with Crippen molar-refractivity contribution in [2.45, 2.75) is 64.5 Å². The molecule has 1 N–H and O–H groups in total. The molecule has 2 aliphatic heterocycles. The fourth-order valence-electron chi connectivity index (χ4n) is 4.69. The highest BCUT2D eigenvalue weighted by atomic mass is 16.2. The zero-order valence-corrected chi connectivity index (χ0v) is 16.8. The molecule has 0 unspecified atom stereocenters. The molecule has 2 amide bonds. The molecular weight excluding hydrogens is 370 g/mol. The van der Waals surface area contributed by atoms with Crippen LogP contribution in [0.3, 0.4) is 0 Å². The van der Waals surface area contributed by atoms with Gasteiger partial charge in [-0.05, 0) is 38.5 Å². The summed E-state index contributed by atoms with van der Waals surface area (Å²) in [6.07, 6.45) is 5.74. The molecule has 29 heavy (non-hydrogen) atoms. The van der Waals surface area contributed by atoms with Crippen LogP contribution in [0, 0.1) is 5.92 Å². The number of aromatic nitrogens is 3. The van der Waals surface area contributed by atoms with Crippen molar-refractivity contribution in [1.29, 1.82) is 0 Å². The number of likely N-dealkylation sites (tertiary alicyclic amines) is 1. The molecule has 0 aromatic carbocycles. The van der Waals surface area contributed by atoms with E-state index in [2.05, 4.69) is 5.10 Å². The highest BCUT2D eigenvalue weighted by Crippen LogP contribution is 2.38. The Labute approximate surface area is 168 Å². The summed E-state index contributed by atoms with van der Waals surface area (Å²) in [6.45, 7) is 3.74. The summed E-state index contributed by atoms with van der Waals surface area (Å²) in [7, 11) is 0. The monoisotopic (exact) mass is 397 g/mol. The molecule has 2 fully saturated rings. The van der Waals surface area contributed by atoms with Crippen LogP contribution in [0.1, 0.15) is 68.4 Å². The van der Waals surface area contributed by atoms with Gasteiger partial charge in [0.25, 0.3) is 5.56 Å². The van der Waals surface area contributed by atoms with Gasteiger partial charge in [0.15, 0.2) is 5.65 Å². The van der Waals surface area contributed by atoms with E-state index in [4.69, 9.17) is 4.98 Å². The molecule has 3 aliphatic rings. The third-order valence-corrected chi connectivity index (χ3v) is 6.42. The van der Waals surface area contributed by atoms with Crippen molar-refractivity contribution in [3.05, 3.63) is 33.4 Å². The first-order chi connectivity index (χ1) is 14.1. The van der Waals surface area contributed by atoms with Gasteiger partial charge in [0, 0.05) is 37.1 Å². The summed E-state index contributed by atoms with van der Waals surface area (Å²) in [6, 6.07) is 1.89. The van der Waals surface area contributed by atoms with Crippen LogP contribution in [0.4, 0.5) is 0 Å². The second kappa shape index (κ2) is 7.00. The molecule has 8 nitrogen and oxygen atoms in total. The maximum absolute atomic E-state index is 13.0. The lowest BCUT2D eigenvalue weighted by Crippen LogP contribution is -2.39. The number of nitrogens with one attached hydrogen (secondary N) is 1. The molecule has 0 radical (unpaired) electrons. The predicted octanol–water partition coefficient (Wildman–Crippen LogP) is 1.78. The van der Waals surface area contributed by atoms with Crippen LogP contribution in [0.15, 0.2) is 10.9 Å². The normalized spacial score (nSPS) is 21.6. The van der Waals surface area contributed by atoms with Crippen molar-refractivity contribution in [2.24, 2.45) is 5.92 Å². The second-order valence-corrected chi connectivity index (χ2v) is 8.53. The Morgan fingerprint density at radius 1 is 1.24 bits per heavy atom. The molecule has 2 aromatic heterocycles. The van der Waals surface area contributed by atoms with Crippen LogP contribution in [0.25, 0.3) is 5.65 Å². The van der Waals surface area contributed by atoms with Crippen LogP contribution in [0.5, 0.6) is 0 Å². The second-order valence-electron chi connectivity index (χ2n) is 8.53. The summed E-state index contributed by atoms with van der Waals surface area (Å²) in [5, 5.41) is 3.22. The summed E-state index contributed by atoms with van der Waals surface area (Å²) >= 11 is 0. The fourth-order valence-corrected chi connectivity index (χ4v) is 4.69. The first-order valence-corrected chi connectivity index (χ1v) is 10.8. The van der Waals surface area contributed by atoms with Crippen molar-refractivity contribution >= 4 is 17.5 Å². The van der Waals surface area contributed by atoms with Crippen LogP contribution in [-0.2, 0) is 22.6 Å². The van der Waals surface area contributed by atoms with Crippen LogP contribution in [-0.4, -0.2) is 49.3 Å². The Morgan fingerprint density at radius 3 is 2.83 bits per heavy atom. The number of carbonyl (C=O) groups is 2. The van der Waals surface area contributed by atoms with E-state index in [1.165, 1.54) is 4.52 Å². The maximum atomic E-state index is 13.0. The van der Waals surface area contributed by atoms with Crippen molar-refractivity contribution in [3.63, 3.8) is 0 Å². The number of aromatic amines is 1. The van der Waals surface area contributed by atoms with Crippen molar-refractivity contribution < 1.29 is 9.59 Å². The number of hydrogen-bond donors (Lipinski definition) is 1. The Hall–Kier alpha value is -2.64. The van der Waals surface area contributed by atoms with E-state index in [1.54, 1.807) is 4.90 Å². The molecule has 1 saturated carbocycles. The average molecular weight is 397 g/mol. The quantitative estimate of drug-likeness (QED) is 0.851. The third-order valence-electron chi connectivity index (χ3n) is 6.42. The maximum Gasteiger partial charge on any atom is 0.276 e. The summed E-state index contributed by atoms with van der Waals surface area (Å²) in [4.78, 5) is 46.4. The van der Waals surface area contributed by atoms with Gasteiger partial charge in [-0.25, -0.2) is 9.50 Å². The molecule has 1 atom stereocenters. The van der Waals surface area contributed by atoms with Gasteiger partial charge in [0.2, 0.25) is 11.8 Å². The molecular formula is C21H27N5O3. The Morgan fingerprint density at radius 2 is 2.07 bits per heavy atom. The molecule has 2 aromatic rings. The van der Waals surface area contributed by atoms with E-state index < -0.39 is 0 Å². The number of fused-ring (bicyclic) bond motifs is 2. The number of nitrogens with zero attached hydrogens (tertiary/aromatic N) is 4. The van der Waals surface area contributed by atoms with Gasteiger partial charge in [-0.3, -0.25) is 19.5 Å². The van der Waals surface area contributed by atoms with E-state index in [0.29, 0.717) is 42.8 Å². The lowest BCUT2D eigenvalue weighted by atomic mass is 10.1. The Kier molecular flexibility index (Phi) is 4.44. The number of rotatable bonds is 4. The topological polar surface area (TPSA) is 90.8 Å². The number of H-pyrrole nitrogens is 1. The van der Waals surface area contributed by atoms with Gasteiger partial charge in [0.1, 0.15) is 0 Å². The third kappa shape index (κ3) is 3.14. The van der Waals surface area contributed by atoms with E-state index in [-0.39, 0.29) is 29.3 Å². The lowest BCUT2D eigenvalue weighted by Gasteiger charge is -2.27. The molecule has 8 heteroatoms. The van der Waals surface area contributed by atoms with E-state index >= 15 is 0 Å². The molecule has 1 saturated heterocycles. The first kappa shape index (κ1) is 18.4. The highest BCUT2D eigenvalue weighted by molar-refractivity contribution is 5.81. The smallest absolute Gasteiger partial charge is 0.276 e. The van der Waals surface area contributed by atoms with Crippen LogP contribution < -0.4 is 5.56 Å². The summed E-state index contributed by atoms with van der Waals surface area (Å²) in [5.74, 6) is 0.561. The SMILES string of the molecule is CCCC(=O)N1CCc2c(nc3cc([C@H]4CCCN4C(=O)C4CC4)[nH]n3c2=O)C1. The minimum atomic E-state index is -0.0862. The number of carbonyl (C=O) groups excluding carboxylic acids is 2.